The first kappa shape index (κ1) is 32.5. The molecular formula is C2H12CaO5S. The van der Waals surface area contributed by atoms with Gasteiger partial charge in [0.1, 0.15) is 0 Å². The third kappa shape index (κ3) is 49.5. The predicted octanol–water partition coefficient (Wildman–Crippen LogP) is -2.63. The van der Waals surface area contributed by atoms with Gasteiger partial charge in [-0.2, -0.15) is 12.6 Å². The summed E-state index contributed by atoms with van der Waals surface area (Å²) in [6, 6.07) is 0. The molecule has 0 heterocycles. The van der Waals surface area contributed by atoms with E-state index in [1.54, 1.807) is 0 Å². The van der Waals surface area contributed by atoms with Gasteiger partial charge in [-0.15, -0.1) is 0 Å². The molecule has 0 fully saturated rings. The Balaban J connectivity index is -0.00000000533. The van der Waals surface area contributed by atoms with Gasteiger partial charge in [0.25, 0.3) is 0 Å². The second kappa shape index (κ2) is 23.1. The van der Waals surface area contributed by atoms with Crippen molar-refractivity contribution in [2.75, 3.05) is 5.75 Å². The van der Waals surface area contributed by atoms with E-state index < -0.39 is 5.97 Å². The minimum absolute atomic E-state index is 0. The fourth-order valence-electron chi connectivity index (χ4n) is 0. The summed E-state index contributed by atoms with van der Waals surface area (Å²) < 4.78 is 0. The van der Waals surface area contributed by atoms with Crippen molar-refractivity contribution in [3.63, 3.8) is 0 Å². The third-order valence-electron chi connectivity index (χ3n) is 0.135. The van der Waals surface area contributed by atoms with Crippen molar-refractivity contribution in [2.45, 2.75) is 0 Å². The molecule has 9 heavy (non-hydrogen) atoms. The van der Waals surface area contributed by atoms with E-state index in [0.29, 0.717) is 0 Å². The molecule has 58 valence electrons. The predicted molar refractivity (Wildman–Crippen MR) is 40.3 cm³/mol. The van der Waals surface area contributed by atoms with Gasteiger partial charge in [0, 0.05) is 0 Å². The summed E-state index contributed by atoms with van der Waals surface area (Å²) in [5, 5.41) is 7.65. The SMILES string of the molecule is O.O.O.O=C(O)CS.[Ca+2].[H-].[H-]. The van der Waals surface area contributed by atoms with Crippen molar-refractivity contribution in [2.24, 2.45) is 0 Å². The molecule has 0 rings (SSSR count). The Morgan fingerprint density at radius 1 is 1.44 bits per heavy atom. The van der Waals surface area contributed by atoms with Crippen LogP contribution in [0.25, 0.3) is 0 Å². The van der Waals surface area contributed by atoms with Crippen LogP contribution in [-0.4, -0.2) is 71.0 Å². The molecule has 0 saturated heterocycles. The van der Waals surface area contributed by atoms with E-state index in [-0.39, 0.29) is 62.8 Å². The monoisotopic (exact) mass is 188 g/mol. The Labute approximate surface area is 90.7 Å². The molecule has 0 atom stereocenters. The molecule has 0 aromatic heterocycles. The largest absolute Gasteiger partial charge is 2.00 e. The van der Waals surface area contributed by atoms with E-state index >= 15 is 0 Å². The van der Waals surface area contributed by atoms with Crippen LogP contribution in [0.4, 0.5) is 0 Å². The standard InChI is InChI=1S/C2H4O2S.Ca.3H2O.2H/c3-2(4)1-5;;;;;;/h5H,1H2,(H,3,4);;3*1H2;;/q;+2;;;;2*-1. The molecule has 0 amide bonds. The van der Waals surface area contributed by atoms with Crippen molar-refractivity contribution >= 4 is 56.3 Å². The molecule has 0 aliphatic rings. The van der Waals surface area contributed by atoms with Crippen molar-refractivity contribution in [1.82, 2.24) is 0 Å². The van der Waals surface area contributed by atoms with Crippen molar-refractivity contribution in [3.8, 4) is 0 Å². The molecule has 0 aromatic carbocycles. The molecule has 0 aliphatic heterocycles. The van der Waals surface area contributed by atoms with Gasteiger partial charge in [-0.25, -0.2) is 0 Å². The molecule has 7 heteroatoms. The molecule has 0 aliphatic carbocycles. The summed E-state index contributed by atoms with van der Waals surface area (Å²) in [4.78, 5) is 9.29. The molecule has 0 saturated carbocycles. The summed E-state index contributed by atoms with van der Waals surface area (Å²) in [5.41, 5.74) is 0. The molecule has 0 bridgehead atoms. The van der Waals surface area contributed by atoms with E-state index in [9.17, 15) is 4.79 Å². The molecule has 0 unspecified atom stereocenters. The zero-order valence-electron chi connectivity index (χ0n) is 6.72. The number of rotatable bonds is 1. The van der Waals surface area contributed by atoms with E-state index in [1.807, 2.05) is 0 Å². The van der Waals surface area contributed by atoms with Gasteiger partial charge < -0.3 is 24.4 Å². The zero-order valence-corrected chi connectivity index (χ0v) is 7.82. The smallest absolute Gasteiger partial charge is 1.00 e. The Kier molecular flexibility index (Phi) is 83.3. The quantitative estimate of drug-likeness (QED) is 0.344. The fraction of sp³-hybridized carbons (Fsp3) is 0.500. The normalized spacial score (nSPS) is 4.11. The van der Waals surface area contributed by atoms with Gasteiger partial charge in [0.2, 0.25) is 0 Å². The Morgan fingerprint density at radius 2 is 1.56 bits per heavy atom. The summed E-state index contributed by atoms with van der Waals surface area (Å²) in [7, 11) is 0. The Hall–Kier alpha value is 0.960. The first-order valence-electron chi connectivity index (χ1n) is 1.10. The van der Waals surface area contributed by atoms with Crippen LogP contribution in [0.15, 0.2) is 0 Å². The molecule has 0 spiro atoms. The maximum Gasteiger partial charge on any atom is 2.00 e. The first-order valence-corrected chi connectivity index (χ1v) is 1.73. The van der Waals surface area contributed by atoms with E-state index in [0.717, 1.165) is 0 Å². The Bertz CT molecular complexity index is 57.7. The molecule has 5 nitrogen and oxygen atoms in total. The molecular weight excluding hydrogens is 176 g/mol. The van der Waals surface area contributed by atoms with Gasteiger partial charge in [0.15, 0.2) is 0 Å². The molecule has 7 N–H and O–H groups in total. The maximum atomic E-state index is 9.29. The van der Waals surface area contributed by atoms with Crippen LogP contribution in [0.2, 0.25) is 0 Å². The fourth-order valence-corrected chi connectivity index (χ4v) is 0. The summed E-state index contributed by atoms with van der Waals surface area (Å²) in [5.74, 6) is -0.965. The van der Waals surface area contributed by atoms with Crippen molar-refractivity contribution < 1.29 is 29.2 Å². The van der Waals surface area contributed by atoms with Crippen LogP contribution in [-0.2, 0) is 4.79 Å². The van der Waals surface area contributed by atoms with Gasteiger partial charge in [-0.05, 0) is 0 Å². The molecule has 0 radical (unpaired) electrons. The number of thiol groups is 1. The van der Waals surface area contributed by atoms with Crippen molar-refractivity contribution in [1.29, 1.82) is 0 Å². The van der Waals surface area contributed by atoms with Gasteiger partial charge in [-0.3, -0.25) is 4.79 Å². The number of aliphatic carboxylic acids is 1. The average molecular weight is 188 g/mol. The minimum Gasteiger partial charge on any atom is -1.00 e. The van der Waals surface area contributed by atoms with E-state index in [1.165, 1.54) is 0 Å². The number of carbonyl (C=O) groups is 1. The Morgan fingerprint density at radius 3 is 1.56 bits per heavy atom. The first-order chi connectivity index (χ1) is 2.27. The number of hydrogen-bond acceptors (Lipinski definition) is 2. The van der Waals surface area contributed by atoms with Crippen LogP contribution >= 0.6 is 12.6 Å². The average Bonchev–Trinajstić information content (AvgIpc) is 1.38. The second-order valence-corrected chi connectivity index (χ2v) is 0.868. The van der Waals surface area contributed by atoms with Crippen LogP contribution in [0.3, 0.4) is 0 Å². The van der Waals surface area contributed by atoms with Crippen LogP contribution < -0.4 is 0 Å². The number of carboxylic acids is 1. The van der Waals surface area contributed by atoms with Gasteiger partial charge >= 0.3 is 43.7 Å². The number of carboxylic acid groups (broad SMARTS) is 1. The van der Waals surface area contributed by atoms with Crippen LogP contribution in [0, 0.1) is 0 Å². The summed E-state index contributed by atoms with van der Waals surface area (Å²) in [6.07, 6.45) is 0. The van der Waals surface area contributed by atoms with Gasteiger partial charge in [0.05, 0.1) is 5.75 Å². The molecule has 0 aromatic rings. The van der Waals surface area contributed by atoms with Crippen LogP contribution in [0.1, 0.15) is 2.85 Å². The zero-order chi connectivity index (χ0) is 4.28. The summed E-state index contributed by atoms with van der Waals surface area (Å²) >= 11 is 3.42. The topological polar surface area (TPSA) is 132 Å². The number of hydrogen-bond donors (Lipinski definition) is 2. The van der Waals surface area contributed by atoms with Crippen molar-refractivity contribution in [3.05, 3.63) is 0 Å². The van der Waals surface area contributed by atoms with Crippen LogP contribution in [0.5, 0.6) is 0 Å². The van der Waals surface area contributed by atoms with Gasteiger partial charge in [-0.1, -0.05) is 0 Å². The third-order valence-corrected chi connectivity index (χ3v) is 0.406. The second-order valence-electron chi connectivity index (χ2n) is 0.552. The summed E-state index contributed by atoms with van der Waals surface area (Å²) in [6.45, 7) is 0. The van der Waals surface area contributed by atoms with E-state index in [2.05, 4.69) is 12.6 Å². The minimum atomic E-state index is -0.881. The maximum absolute atomic E-state index is 9.29. The van der Waals surface area contributed by atoms with E-state index in [4.69, 9.17) is 5.11 Å².